The number of hydrogen-bond acceptors (Lipinski definition) is 6. The zero-order valence-corrected chi connectivity index (χ0v) is 23.9. The molecule has 12 nitrogen and oxygen atoms in total. The fraction of sp³-hybridized carbons (Fsp3) is 0.467. The number of guanidine groups is 1. The average molecular weight is 578 g/mol. The third-order valence-corrected chi connectivity index (χ3v) is 7.68. The summed E-state index contributed by atoms with van der Waals surface area (Å²) in [6.45, 7) is 0.359. The van der Waals surface area contributed by atoms with Crippen molar-refractivity contribution in [2.45, 2.75) is 75.8 Å². The van der Waals surface area contributed by atoms with Gasteiger partial charge in [-0.1, -0.05) is 62.4 Å². The van der Waals surface area contributed by atoms with E-state index in [0.29, 0.717) is 36.9 Å². The first-order valence-corrected chi connectivity index (χ1v) is 14.4. The minimum absolute atomic E-state index is 0.0379. The normalized spacial score (nSPS) is 15.5. The van der Waals surface area contributed by atoms with E-state index in [9.17, 15) is 14.4 Å². The van der Waals surface area contributed by atoms with Gasteiger partial charge in [0, 0.05) is 24.5 Å². The highest BCUT2D eigenvalue weighted by Gasteiger charge is 2.31. The number of benzene rings is 1. The lowest BCUT2D eigenvalue weighted by Gasteiger charge is -2.29. The Morgan fingerprint density at radius 2 is 1.62 bits per heavy atom. The van der Waals surface area contributed by atoms with Crippen LogP contribution in [0.2, 0.25) is 0 Å². The molecule has 12 heteroatoms. The largest absolute Gasteiger partial charge is 0.384 e. The van der Waals surface area contributed by atoms with Gasteiger partial charge in [-0.05, 0) is 48.8 Å². The summed E-state index contributed by atoms with van der Waals surface area (Å²) < 4.78 is 0. The minimum atomic E-state index is -0.925. The number of nitrogen functional groups attached to an aromatic ring is 1. The monoisotopic (exact) mass is 577 g/mol. The van der Waals surface area contributed by atoms with Crippen LogP contribution < -0.4 is 33.2 Å². The van der Waals surface area contributed by atoms with E-state index in [0.717, 1.165) is 37.7 Å². The fourth-order valence-corrected chi connectivity index (χ4v) is 5.35. The molecule has 42 heavy (non-hydrogen) atoms. The fourth-order valence-electron chi connectivity index (χ4n) is 5.35. The Balaban J connectivity index is 1.79. The Morgan fingerprint density at radius 1 is 0.929 bits per heavy atom. The van der Waals surface area contributed by atoms with Gasteiger partial charge >= 0.3 is 0 Å². The summed E-state index contributed by atoms with van der Waals surface area (Å²) in [5, 5.41) is 23.3. The van der Waals surface area contributed by atoms with Gasteiger partial charge in [-0.2, -0.15) is 0 Å². The molecule has 3 atom stereocenters. The molecule has 0 spiro atoms. The number of amidine groups is 1. The Hall–Kier alpha value is -4.48. The van der Waals surface area contributed by atoms with E-state index in [2.05, 4.69) is 20.9 Å². The molecule has 0 bridgehead atoms. The van der Waals surface area contributed by atoms with Gasteiger partial charge < -0.3 is 33.2 Å². The number of aromatic nitrogens is 1. The second-order valence-electron chi connectivity index (χ2n) is 10.9. The van der Waals surface area contributed by atoms with Gasteiger partial charge in [0.2, 0.25) is 17.7 Å². The number of carbonyl (C=O) groups excluding carboxylic acids is 3. The van der Waals surface area contributed by atoms with Gasteiger partial charge in [0.1, 0.15) is 17.9 Å². The Morgan fingerprint density at radius 3 is 2.21 bits per heavy atom. The molecule has 0 aliphatic heterocycles. The molecular formula is C30H43N9O3. The van der Waals surface area contributed by atoms with Crippen molar-refractivity contribution in [2.75, 3.05) is 6.54 Å². The van der Waals surface area contributed by atoms with Crippen molar-refractivity contribution in [1.82, 2.24) is 20.9 Å². The first-order valence-electron chi connectivity index (χ1n) is 14.4. The van der Waals surface area contributed by atoms with Gasteiger partial charge in [0.25, 0.3) is 0 Å². The Kier molecular flexibility index (Phi) is 12.3. The highest BCUT2D eigenvalue weighted by atomic mass is 16.2. The van der Waals surface area contributed by atoms with Crippen LogP contribution in [0.1, 0.15) is 74.0 Å². The maximum absolute atomic E-state index is 13.9. The van der Waals surface area contributed by atoms with E-state index in [-0.39, 0.29) is 30.0 Å². The number of pyridine rings is 1. The first kappa shape index (κ1) is 32.0. The van der Waals surface area contributed by atoms with Crippen molar-refractivity contribution >= 4 is 29.5 Å². The topological polar surface area (TPSA) is 226 Å². The zero-order valence-electron chi connectivity index (χ0n) is 23.9. The predicted octanol–water partition coefficient (Wildman–Crippen LogP) is 1.38. The van der Waals surface area contributed by atoms with Crippen LogP contribution >= 0.6 is 0 Å². The van der Waals surface area contributed by atoms with Gasteiger partial charge in [0.15, 0.2) is 5.96 Å². The average Bonchev–Trinajstić information content (AvgIpc) is 2.97. The third-order valence-electron chi connectivity index (χ3n) is 7.68. The van der Waals surface area contributed by atoms with Crippen LogP contribution in [-0.2, 0) is 20.8 Å². The molecule has 226 valence electrons. The number of rotatable bonds is 15. The Labute approximate surface area is 246 Å². The summed E-state index contributed by atoms with van der Waals surface area (Å²) in [5.74, 6) is -2.02. The summed E-state index contributed by atoms with van der Waals surface area (Å²) in [5.41, 5.74) is 18.7. The molecule has 0 unspecified atom stereocenters. The molecule has 0 saturated heterocycles. The summed E-state index contributed by atoms with van der Waals surface area (Å²) in [6.07, 6.45) is 10.1. The summed E-state index contributed by atoms with van der Waals surface area (Å²) in [4.78, 5) is 43.8. The number of nitrogens with two attached hydrogens (primary N) is 3. The van der Waals surface area contributed by atoms with Gasteiger partial charge in [-0.15, -0.1) is 0 Å². The smallest absolute Gasteiger partial charge is 0.243 e. The molecule has 11 N–H and O–H groups in total. The molecule has 3 rings (SSSR count). The van der Waals surface area contributed by atoms with E-state index in [1.54, 1.807) is 30.6 Å². The van der Waals surface area contributed by atoms with Gasteiger partial charge in [-0.25, -0.2) is 0 Å². The summed E-state index contributed by atoms with van der Waals surface area (Å²) >= 11 is 0. The quantitative estimate of drug-likeness (QED) is 0.0880. The molecule has 1 aromatic heterocycles. The van der Waals surface area contributed by atoms with Crippen molar-refractivity contribution in [1.29, 1.82) is 10.8 Å². The zero-order chi connectivity index (χ0) is 30.5. The number of amides is 3. The van der Waals surface area contributed by atoms with Crippen molar-refractivity contribution in [2.24, 2.45) is 23.1 Å². The third kappa shape index (κ3) is 10.2. The van der Waals surface area contributed by atoms with Crippen LogP contribution in [0.3, 0.4) is 0 Å². The lowest BCUT2D eigenvalue weighted by atomic mass is 9.84. The van der Waals surface area contributed by atoms with Crippen molar-refractivity contribution < 1.29 is 14.4 Å². The van der Waals surface area contributed by atoms with E-state index >= 15 is 0 Å². The summed E-state index contributed by atoms with van der Waals surface area (Å²) in [6, 6.07) is 8.96. The number of nitrogens with one attached hydrogen (secondary N) is 5. The van der Waals surface area contributed by atoms with E-state index in [4.69, 9.17) is 28.0 Å². The molecule has 0 radical (unpaired) electrons. The van der Waals surface area contributed by atoms with Crippen molar-refractivity contribution in [3.8, 4) is 0 Å². The molecule has 1 aliphatic carbocycles. The molecule has 3 amide bonds. The number of carbonyl (C=O) groups is 3. The van der Waals surface area contributed by atoms with Crippen LogP contribution in [-0.4, -0.2) is 53.1 Å². The molecule has 1 aliphatic rings. The Bertz CT molecular complexity index is 1210. The maximum atomic E-state index is 13.9. The van der Waals surface area contributed by atoms with Crippen LogP contribution in [0.5, 0.6) is 0 Å². The van der Waals surface area contributed by atoms with Crippen LogP contribution in [0, 0.1) is 16.7 Å². The molecule has 1 saturated carbocycles. The predicted molar refractivity (Wildman–Crippen MR) is 162 cm³/mol. The van der Waals surface area contributed by atoms with Crippen LogP contribution in [0.4, 0.5) is 0 Å². The number of hydrogen-bond donors (Lipinski definition) is 8. The lowest BCUT2D eigenvalue weighted by Crippen LogP contribution is -2.54. The highest BCUT2D eigenvalue weighted by molar-refractivity contribution is 5.95. The van der Waals surface area contributed by atoms with E-state index in [1.807, 2.05) is 18.2 Å². The van der Waals surface area contributed by atoms with Crippen LogP contribution in [0.25, 0.3) is 0 Å². The number of nitrogens with zero attached hydrogens (tertiary/aromatic N) is 1. The maximum Gasteiger partial charge on any atom is 0.243 e. The highest BCUT2D eigenvalue weighted by Crippen LogP contribution is 2.28. The van der Waals surface area contributed by atoms with Gasteiger partial charge in [-0.3, -0.25) is 30.2 Å². The molecule has 1 heterocycles. The summed E-state index contributed by atoms with van der Waals surface area (Å²) in [7, 11) is 0. The van der Waals surface area contributed by atoms with Gasteiger partial charge in [0.05, 0.1) is 5.92 Å². The number of primary amides is 1. The second kappa shape index (κ2) is 16.1. The SMILES string of the molecule is N=C(N)NCCC[C@H](NC(=O)[C@H](CC1CCCCC1)NC(=O)[C@@H](Cc1ccc(C(=N)N)cc1)c1cccnc1)C(N)=O. The molecule has 1 aromatic carbocycles. The van der Waals surface area contributed by atoms with E-state index in [1.165, 1.54) is 0 Å². The second-order valence-corrected chi connectivity index (χ2v) is 10.9. The standard InChI is InChI=1S/C30H43N9O3/c31-26(32)21-12-10-20(11-13-21)16-23(22-8-4-14-36-18-22)28(41)39-25(17-19-6-2-1-3-7-19)29(42)38-24(27(33)40)9-5-15-37-30(34)35/h4,8,10-14,18-19,23-25H,1-3,5-7,9,15-17H2,(H3,31,32)(H2,33,40)(H,38,42)(H,39,41)(H4,34,35,37)/t23-,24-,25-/m0/s1. The van der Waals surface area contributed by atoms with Crippen molar-refractivity contribution in [3.63, 3.8) is 0 Å². The molecule has 1 fully saturated rings. The first-order chi connectivity index (χ1) is 20.1. The van der Waals surface area contributed by atoms with E-state index < -0.39 is 29.8 Å². The lowest BCUT2D eigenvalue weighted by molar-refractivity contribution is -0.132. The minimum Gasteiger partial charge on any atom is -0.384 e. The molecule has 2 aromatic rings. The van der Waals surface area contributed by atoms with Crippen LogP contribution in [0.15, 0.2) is 48.8 Å². The van der Waals surface area contributed by atoms with Crippen molar-refractivity contribution in [3.05, 3.63) is 65.5 Å². The molecular weight excluding hydrogens is 534 g/mol.